The third-order valence-corrected chi connectivity index (χ3v) is 6.91. The molecular weight excluding hydrogens is 452 g/mol. The average molecular weight is 483 g/mol. The molecular formula is C29H30N4O3. The van der Waals surface area contributed by atoms with E-state index in [4.69, 9.17) is 0 Å². The van der Waals surface area contributed by atoms with Gasteiger partial charge in [0.15, 0.2) is 0 Å². The minimum absolute atomic E-state index is 0.00584. The molecule has 0 aliphatic carbocycles. The van der Waals surface area contributed by atoms with Gasteiger partial charge in [0.05, 0.1) is 6.42 Å². The lowest BCUT2D eigenvalue weighted by Gasteiger charge is -2.48. The van der Waals surface area contributed by atoms with Crippen LogP contribution in [-0.4, -0.2) is 77.7 Å². The molecule has 1 N–H and O–H groups in total. The summed E-state index contributed by atoms with van der Waals surface area (Å²) < 4.78 is 0. The summed E-state index contributed by atoms with van der Waals surface area (Å²) in [6.45, 7) is 4.44. The fourth-order valence-electron chi connectivity index (χ4n) is 4.77. The number of carbonyl (C=O) groups is 3. The number of hydrogen-bond acceptors (Lipinski definition) is 4. The third kappa shape index (κ3) is 5.47. The van der Waals surface area contributed by atoms with E-state index >= 15 is 0 Å². The fourth-order valence-corrected chi connectivity index (χ4v) is 4.77. The van der Waals surface area contributed by atoms with Crippen LogP contribution >= 0.6 is 0 Å². The molecule has 5 rings (SSSR count). The van der Waals surface area contributed by atoms with Crippen molar-refractivity contribution in [2.45, 2.75) is 12.5 Å². The maximum Gasteiger partial charge on any atom is 0.253 e. The van der Waals surface area contributed by atoms with Gasteiger partial charge in [-0.1, -0.05) is 48.5 Å². The van der Waals surface area contributed by atoms with Crippen molar-refractivity contribution in [3.63, 3.8) is 0 Å². The van der Waals surface area contributed by atoms with Crippen LogP contribution in [0.3, 0.4) is 0 Å². The van der Waals surface area contributed by atoms with Gasteiger partial charge in [-0.15, -0.1) is 0 Å². The smallest absolute Gasteiger partial charge is 0.253 e. The molecule has 3 amide bonds. The summed E-state index contributed by atoms with van der Waals surface area (Å²) in [5.74, 6) is 0.00287. The van der Waals surface area contributed by atoms with Gasteiger partial charge in [0.25, 0.3) is 11.8 Å². The Labute approximate surface area is 211 Å². The number of nitrogens with one attached hydrogen (secondary N) is 1. The monoisotopic (exact) mass is 482 g/mol. The van der Waals surface area contributed by atoms with Crippen LogP contribution in [0.4, 0.5) is 5.69 Å². The van der Waals surface area contributed by atoms with Crippen molar-refractivity contribution in [3.8, 4) is 0 Å². The van der Waals surface area contributed by atoms with Crippen molar-refractivity contribution in [2.75, 3.05) is 44.6 Å². The molecule has 7 heteroatoms. The number of piperazine rings is 1. The van der Waals surface area contributed by atoms with Gasteiger partial charge >= 0.3 is 0 Å². The molecule has 3 aromatic carbocycles. The predicted molar refractivity (Wildman–Crippen MR) is 139 cm³/mol. The minimum atomic E-state index is -0.0866. The Bertz CT molecular complexity index is 1200. The van der Waals surface area contributed by atoms with Crippen molar-refractivity contribution in [2.24, 2.45) is 0 Å². The molecule has 7 nitrogen and oxygen atoms in total. The molecule has 0 unspecified atom stereocenters. The van der Waals surface area contributed by atoms with Crippen LogP contribution in [0.1, 0.15) is 26.3 Å². The van der Waals surface area contributed by atoms with Crippen LogP contribution in [0.15, 0.2) is 84.9 Å². The first-order valence-corrected chi connectivity index (χ1v) is 12.4. The van der Waals surface area contributed by atoms with Crippen molar-refractivity contribution in [1.29, 1.82) is 0 Å². The molecule has 2 saturated heterocycles. The number of rotatable bonds is 6. The van der Waals surface area contributed by atoms with E-state index in [0.717, 1.165) is 24.2 Å². The number of anilines is 1. The Balaban J connectivity index is 1.06. The Morgan fingerprint density at radius 2 is 1.22 bits per heavy atom. The molecule has 2 aliphatic rings. The van der Waals surface area contributed by atoms with Crippen molar-refractivity contribution in [3.05, 3.63) is 102 Å². The van der Waals surface area contributed by atoms with E-state index in [2.05, 4.69) is 10.2 Å². The normalized spacial score (nSPS) is 16.3. The van der Waals surface area contributed by atoms with Gasteiger partial charge in [0.2, 0.25) is 5.91 Å². The first kappa shape index (κ1) is 23.8. The highest BCUT2D eigenvalue weighted by molar-refractivity contribution is 5.96. The summed E-state index contributed by atoms with van der Waals surface area (Å²) in [6.07, 6.45) is 0.311. The molecule has 36 heavy (non-hydrogen) atoms. The Morgan fingerprint density at radius 3 is 1.86 bits per heavy atom. The highest BCUT2D eigenvalue weighted by Crippen LogP contribution is 2.21. The lowest BCUT2D eigenvalue weighted by Crippen LogP contribution is -2.64. The van der Waals surface area contributed by atoms with Gasteiger partial charge in [-0.05, 0) is 42.0 Å². The molecule has 0 atom stereocenters. The number of carbonyl (C=O) groups excluding carboxylic acids is 3. The zero-order chi connectivity index (χ0) is 24.9. The van der Waals surface area contributed by atoms with Gasteiger partial charge in [0, 0.05) is 62.1 Å². The van der Waals surface area contributed by atoms with E-state index < -0.39 is 0 Å². The van der Waals surface area contributed by atoms with E-state index in [1.165, 1.54) is 0 Å². The average Bonchev–Trinajstić information content (AvgIpc) is 2.89. The highest BCUT2D eigenvalue weighted by Gasteiger charge is 2.37. The second-order valence-electron chi connectivity index (χ2n) is 9.35. The van der Waals surface area contributed by atoms with Crippen LogP contribution in [-0.2, 0) is 11.2 Å². The fraction of sp³-hybridized carbons (Fsp3) is 0.276. The highest BCUT2D eigenvalue weighted by atomic mass is 16.2. The zero-order valence-corrected chi connectivity index (χ0v) is 20.2. The van der Waals surface area contributed by atoms with Crippen molar-refractivity contribution >= 4 is 23.4 Å². The molecule has 0 aromatic heterocycles. The lowest BCUT2D eigenvalue weighted by atomic mass is 10.0. The Hall–Kier alpha value is -3.97. The first-order chi connectivity index (χ1) is 17.6. The van der Waals surface area contributed by atoms with Crippen molar-refractivity contribution in [1.82, 2.24) is 14.7 Å². The molecule has 2 fully saturated rings. The van der Waals surface area contributed by atoms with Crippen LogP contribution in [0.2, 0.25) is 0 Å². The van der Waals surface area contributed by atoms with Gasteiger partial charge in [0.1, 0.15) is 0 Å². The standard InChI is InChI=1S/C29H30N4O3/c34-27(19-22-7-3-1-4-8-22)30-25-13-11-24(12-14-25)29(36)33-20-26(21-33)31-15-17-32(18-16-31)28(35)23-9-5-2-6-10-23/h1-14,26H,15-21H2,(H,30,34). The Kier molecular flexibility index (Phi) is 7.09. The quantitative estimate of drug-likeness (QED) is 0.586. The topological polar surface area (TPSA) is 73.0 Å². The number of nitrogens with zero attached hydrogens (tertiary/aromatic N) is 3. The van der Waals surface area contributed by atoms with Crippen LogP contribution < -0.4 is 5.32 Å². The van der Waals surface area contributed by atoms with E-state index in [9.17, 15) is 14.4 Å². The second kappa shape index (κ2) is 10.7. The summed E-state index contributed by atoms with van der Waals surface area (Å²) in [7, 11) is 0. The summed E-state index contributed by atoms with van der Waals surface area (Å²) in [4.78, 5) is 44.0. The molecule has 0 bridgehead atoms. The second-order valence-corrected chi connectivity index (χ2v) is 9.35. The number of benzene rings is 3. The van der Waals surface area contributed by atoms with Gasteiger partial charge in [-0.2, -0.15) is 0 Å². The molecule has 2 heterocycles. The third-order valence-electron chi connectivity index (χ3n) is 6.91. The number of hydrogen-bond donors (Lipinski definition) is 1. The minimum Gasteiger partial charge on any atom is -0.336 e. The predicted octanol–water partition coefficient (Wildman–Crippen LogP) is 3.15. The maximum atomic E-state index is 12.9. The van der Waals surface area contributed by atoms with Crippen LogP contribution in [0.25, 0.3) is 0 Å². The summed E-state index contributed by atoms with van der Waals surface area (Å²) in [6, 6.07) is 26.4. The first-order valence-electron chi connectivity index (χ1n) is 12.4. The molecule has 2 aliphatic heterocycles. The van der Waals surface area contributed by atoms with E-state index in [1.54, 1.807) is 24.3 Å². The van der Waals surface area contributed by atoms with Gasteiger partial charge in [-0.3, -0.25) is 19.3 Å². The summed E-state index contributed by atoms with van der Waals surface area (Å²) in [5, 5.41) is 2.89. The van der Waals surface area contributed by atoms with Gasteiger partial charge < -0.3 is 15.1 Å². The van der Waals surface area contributed by atoms with Crippen LogP contribution in [0, 0.1) is 0 Å². The number of likely N-dealkylation sites (tertiary alicyclic amines) is 1. The zero-order valence-electron chi connectivity index (χ0n) is 20.2. The maximum absolute atomic E-state index is 12.9. The lowest BCUT2D eigenvalue weighted by molar-refractivity contribution is -0.115. The molecule has 184 valence electrons. The number of amides is 3. The van der Waals surface area contributed by atoms with Gasteiger partial charge in [-0.25, -0.2) is 0 Å². The largest absolute Gasteiger partial charge is 0.336 e. The molecule has 3 aromatic rings. The van der Waals surface area contributed by atoms with E-state index in [-0.39, 0.29) is 17.7 Å². The molecule has 0 spiro atoms. The Morgan fingerprint density at radius 1 is 0.667 bits per heavy atom. The summed E-state index contributed by atoms with van der Waals surface area (Å²) >= 11 is 0. The summed E-state index contributed by atoms with van der Waals surface area (Å²) in [5.41, 5.74) is 2.98. The molecule has 0 saturated carbocycles. The van der Waals surface area contributed by atoms with Crippen LogP contribution in [0.5, 0.6) is 0 Å². The van der Waals surface area contributed by atoms with Crippen molar-refractivity contribution < 1.29 is 14.4 Å². The van der Waals surface area contributed by atoms with E-state index in [0.29, 0.717) is 49.9 Å². The SMILES string of the molecule is O=C(Cc1ccccc1)Nc1ccc(C(=O)N2CC(N3CCN(C(=O)c4ccccc4)CC3)C2)cc1. The van der Waals surface area contributed by atoms with E-state index in [1.807, 2.05) is 70.5 Å². The molecule has 0 radical (unpaired) electrons.